The van der Waals surface area contributed by atoms with Crippen LogP contribution < -0.4 is 10.1 Å². The van der Waals surface area contributed by atoms with Crippen molar-refractivity contribution in [1.29, 1.82) is 0 Å². The molecule has 134 valence electrons. The van der Waals surface area contributed by atoms with Gasteiger partial charge in [-0.15, -0.1) is 11.3 Å². The van der Waals surface area contributed by atoms with E-state index < -0.39 is 0 Å². The first kappa shape index (κ1) is 17.2. The molecular weight excluding hydrogens is 356 g/mol. The molecular formula is C22H18N2O2S. The predicted molar refractivity (Wildman–Crippen MR) is 111 cm³/mol. The van der Waals surface area contributed by atoms with Crippen LogP contribution in [0.3, 0.4) is 0 Å². The largest absolute Gasteiger partial charge is 0.497 e. The molecule has 1 N–H and O–H groups in total. The average molecular weight is 374 g/mol. The van der Waals surface area contributed by atoms with Crippen LogP contribution in [-0.4, -0.2) is 18.0 Å². The zero-order chi connectivity index (χ0) is 18.8. The number of nitrogens with one attached hydrogen (secondary N) is 1. The van der Waals surface area contributed by atoms with Crippen molar-refractivity contribution in [2.75, 3.05) is 12.4 Å². The number of ether oxygens (including phenoxy) is 1. The van der Waals surface area contributed by atoms with Gasteiger partial charge in [0.05, 0.1) is 17.3 Å². The van der Waals surface area contributed by atoms with Gasteiger partial charge in [-0.25, -0.2) is 4.98 Å². The number of benzene rings is 3. The third-order valence-corrected chi connectivity index (χ3v) is 5.43. The monoisotopic (exact) mass is 374 g/mol. The van der Waals surface area contributed by atoms with Crippen LogP contribution in [0.5, 0.6) is 5.75 Å². The average Bonchev–Trinajstić information content (AvgIpc) is 3.13. The molecule has 27 heavy (non-hydrogen) atoms. The van der Waals surface area contributed by atoms with Gasteiger partial charge in [-0.1, -0.05) is 18.2 Å². The molecule has 0 saturated heterocycles. The van der Waals surface area contributed by atoms with E-state index in [1.807, 2.05) is 43.3 Å². The van der Waals surface area contributed by atoms with Crippen molar-refractivity contribution in [2.45, 2.75) is 6.92 Å². The van der Waals surface area contributed by atoms with Crippen molar-refractivity contribution in [3.05, 3.63) is 77.9 Å². The molecule has 0 aliphatic rings. The van der Waals surface area contributed by atoms with Gasteiger partial charge in [0.2, 0.25) is 0 Å². The number of anilines is 1. The summed E-state index contributed by atoms with van der Waals surface area (Å²) < 4.78 is 6.35. The Kier molecular flexibility index (Phi) is 4.60. The number of rotatable bonds is 4. The lowest BCUT2D eigenvalue weighted by atomic mass is 10.1. The molecule has 1 aromatic heterocycles. The summed E-state index contributed by atoms with van der Waals surface area (Å²) in [4.78, 5) is 17.2. The van der Waals surface area contributed by atoms with Crippen molar-refractivity contribution in [2.24, 2.45) is 0 Å². The highest BCUT2D eigenvalue weighted by Gasteiger charge is 2.11. The molecule has 4 aromatic rings. The van der Waals surface area contributed by atoms with E-state index in [0.717, 1.165) is 27.3 Å². The molecule has 0 atom stereocenters. The zero-order valence-corrected chi connectivity index (χ0v) is 15.8. The van der Waals surface area contributed by atoms with E-state index in [2.05, 4.69) is 17.4 Å². The number of aromatic nitrogens is 1. The van der Waals surface area contributed by atoms with Crippen LogP contribution in [-0.2, 0) is 0 Å². The minimum atomic E-state index is -0.162. The molecule has 0 aliphatic carbocycles. The molecule has 0 spiro atoms. The first-order chi connectivity index (χ1) is 13.1. The van der Waals surface area contributed by atoms with E-state index in [1.54, 1.807) is 36.6 Å². The zero-order valence-electron chi connectivity index (χ0n) is 15.0. The van der Waals surface area contributed by atoms with E-state index in [1.165, 1.54) is 4.70 Å². The van der Waals surface area contributed by atoms with Gasteiger partial charge in [-0.2, -0.15) is 0 Å². The molecule has 0 radical (unpaired) electrons. The van der Waals surface area contributed by atoms with E-state index in [-0.39, 0.29) is 5.91 Å². The second-order valence-corrected chi connectivity index (χ2v) is 7.23. The highest BCUT2D eigenvalue weighted by atomic mass is 32.1. The lowest BCUT2D eigenvalue weighted by Gasteiger charge is -2.10. The topological polar surface area (TPSA) is 51.2 Å². The summed E-state index contributed by atoms with van der Waals surface area (Å²) >= 11 is 1.67. The van der Waals surface area contributed by atoms with Gasteiger partial charge in [-0.3, -0.25) is 4.79 Å². The van der Waals surface area contributed by atoms with Gasteiger partial charge in [0.15, 0.2) is 0 Å². The number of carbonyl (C=O) groups excluding carboxylic acids is 1. The van der Waals surface area contributed by atoms with Crippen molar-refractivity contribution < 1.29 is 9.53 Å². The van der Waals surface area contributed by atoms with Crippen LogP contribution in [0, 0.1) is 6.92 Å². The number of hydrogen-bond donors (Lipinski definition) is 1. The summed E-state index contributed by atoms with van der Waals surface area (Å²) in [5.74, 6) is 0.496. The maximum absolute atomic E-state index is 12.5. The molecule has 0 aliphatic heterocycles. The highest BCUT2D eigenvalue weighted by Crippen LogP contribution is 2.32. The fourth-order valence-electron chi connectivity index (χ4n) is 2.89. The Morgan fingerprint density at radius 1 is 1.04 bits per heavy atom. The highest BCUT2D eigenvalue weighted by molar-refractivity contribution is 7.21. The second kappa shape index (κ2) is 7.21. The van der Waals surface area contributed by atoms with Gasteiger partial charge in [0.25, 0.3) is 5.91 Å². The number of thiazole rings is 1. The number of para-hydroxylation sites is 1. The van der Waals surface area contributed by atoms with E-state index in [0.29, 0.717) is 11.3 Å². The number of aryl methyl sites for hydroxylation is 1. The summed E-state index contributed by atoms with van der Waals surface area (Å²) in [5, 5.41) is 3.95. The third-order valence-electron chi connectivity index (χ3n) is 4.35. The quantitative estimate of drug-likeness (QED) is 0.511. The Labute approximate surface area is 161 Å². The van der Waals surface area contributed by atoms with Gasteiger partial charge in [0.1, 0.15) is 10.8 Å². The lowest BCUT2D eigenvalue weighted by Crippen LogP contribution is -2.12. The number of methoxy groups -OCH3 is 1. The first-order valence-electron chi connectivity index (χ1n) is 8.56. The number of carbonyl (C=O) groups is 1. The van der Waals surface area contributed by atoms with Crippen LogP contribution in [0.1, 0.15) is 15.9 Å². The van der Waals surface area contributed by atoms with Gasteiger partial charge < -0.3 is 10.1 Å². The number of amides is 1. The minimum Gasteiger partial charge on any atom is -0.497 e. The third kappa shape index (κ3) is 3.55. The van der Waals surface area contributed by atoms with Crippen LogP contribution in [0.2, 0.25) is 0 Å². The Hall–Kier alpha value is -3.18. The normalized spacial score (nSPS) is 10.7. The molecule has 5 heteroatoms. The smallest absolute Gasteiger partial charge is 0.255 e. The van der Waals surface area contributed by atoms with Gasteiger partial charge >= 0.3 is 0 Å². The van der Waals surface area contributed by atoms with Crippen molar-refractivity contribution in [1.82, 2.24) is 4.98 Å². The Morgan fingerprint density at radius 2 is 1.89 bits per heavy atom. The van der Waals surface area contributed by atoms with E-state index in [4.69, 9.17) is 9.72 Å². The van der Waals surface area contributed by atoms with Crippen LogP contribution in [0.25, 0.3) is 20.8 Å². The fraction of sp³-hybridized carbons (Fsp3) is 0.0909. The molecule has 0 bridgehead atoms. The molecule has 4 rings (SSSR count). The maximum Gasteiger partial charge on any atom is 0.255 e. The molecule has 0 fully saturated rings. The predicted octanol–water partition coefficient (Wildman–Crippen LogP) is 5.53. The molecule has 0 saturated carbocycles. The second-order valence-electron chi connectivity index (χ2n) is 6.20. The van der Waals surface area contributed by atoms with Gasteiger partial charge in [0, 0.05) is 16.8 Å². The minimum absolute atomic E-state index is 0.162. The summed E-state index contributed by atoms with van der Waals surface area (Å²) in [6.45, 7) is 1.98. The lowest BCUT2D eigenvalue weighted by molar-refractivity contribution is 0.102. The molecule has 3 aromatic carbocycles. The molecule has 1 heterocycles. The Bertz CT molecular complexity index is 1100. The van der Waals surface area contributed by atoms with Gasteiger partial charge in [-0.05, 0) is 61.0 Å². The van der Waals surface area contributed by atoms with Crippen molar-refractivity contribution in [3.63, 3.8) is 0 Å². The SMILES string of the molecule is COc1cccc(C(=O)Nc2ccc(-c3nc4ccccc4s3)cc2C)c1. The van der Waals surface area contributed by atoms with Crippen molar-refractivity contribution >= 4 is 33.1 Å². The number of hydrogen-bond acceptors (Lipinski definition) is 4. The summed E-state index contributed by atoms with van der Waals surface area (Å²) in [5.41, 5.74) is 4.39. The van der Waals surface area contributed by atoms with Crippen LogP contribution >= 0.6 is 11.3 Å². The Morgan fingerprint density at radius 3 is 2.67 bits per heavy atom. The molecule has 1 amide bonds. The Balaban J connectivity index is 1.58. The van der Waals surface area contributed by atoms with Crippen LogP contribution in [0.4, 0.5) is 5.69 Å². The van der Waals surface area contributed by atoms with E-state index in [9.17, 15) is 4.79 Å². The van der Waals surface area contributed by atoms with Crippen LogP contribution in [0.15, 0.2) is 66.7 Å². The number of fused-ring (bicyclic) bond motifs is 1. The summed E-state index contributed by atoms with van der Waals surface area (Å²) in [6, 6.07) is 21.2. The molecule has 4 nitrogen and oxygen atoms in total. The summed E-state index contributed by atoms with van der Waals surface area (Å²) in [6.07, 6.45) is 0. The maximum atomic E-state index is 12.5. The molecule has 0 unspecified atom stereocenters. The fourth-order valence-corrected chi connectivity index (χ4v) is 3.85. The standard InChI is InChI=1S/C22H18N2O2S/c1-14-12-16(22-24-19-8-3-4-9-20(19)27-22)10-11-18(14)23-21(25)15-6-5-7-17(13-15)26-2/h3-13H,1-2H3,(H,23,25). The van der Waals surface area contributed by atoms with Crippen molar-refractivity contribution in [3.8, 4) is 16.3 Å². The first-order valence-corrected chi connectivity index (χ1v) is 9.38. The number of nitrogens with zero attached hydrogens (tertiary/aromatic N) is 1. The summed E-state index contributed by atoms with van der Waals surface area (Å²) in [7, 11) is 1.59. The van der Waals surface area contributed by atoms with E-state index >= 15 is 0 Å².